The molecule has 0 radical (unpaired) electrons. The monoisotopic (exact) mass is 365 g/mol. The van der Waals surface area contributed by atoms with Gasteiger partial charge in [-0.25, -0.2) is 14.1 Å². The first-order valence-corrected chi connectivity index (χ1v) is 8.91. The topological polar surface area (TPSA) is 54.3 Å². The van der Waals surface area contributed by atoms with Crippen LogP contribution in [0.4, 0.5) is 10.1 Å². The highest BCUT2D eigenvalue weighted by Gasteiger charge is 2.23. The Morgan fingerprint density at radius 2 is 1.74 bits per heavy atom. The molecule has 1 fully saturated rings. The SMILES string of the molecule is O=C(c1ccc(Cn2cncn2)cc1)N1CCN(c2ccccc2F)CC1. The van der Waals surface area contributed by atoms with Crippen molar-refractivity contribution in [3.8, 4) is 0 Å². The average molecular weight is 365 g/mol. The van der Waals surface area contributed by atoms with Crippen molar-refractivity contribution >= 4 is 11.6 Å². The molecule has 0 N–H and O–H groups in total. The number of anilines is 1. The van der Waals surface area contributed by atoms with Gasteiger partial charge in [-0.15, -0.1) is 0 Å². The Labute approximate surface area is 156 Å². The van der Waals surface area contributed by atoms with Crippen molar-refractivity contribution in [3.05, 3.63) is 78.1 Å². The van der Waals surface area contributed by atoms with E-state index in [1.165, 1.54) is 12.4 Å². The molecule has 0 spiro atoms. The summed E-state index contributed by atoms with van der Waals surface area (Å²) in [5.74, 6) is -0.212. The molecule has 0 unspecified atom stereocenters. The standard InChI is InChI=1S/C20H20FN5O/c21-18-3-1-2-4-19(18)24-9-11-25(12-10-24)20(27)17-7-5-16(6-8-17)13-26-15-22-14-23-26/h1-8,14-15H,9-13H2. The number of carbonyl (C=O) groups is 1. The Bertz CT molecular complexity index is 902. The molecule has 2 aromatic carbocycles. The Hall–Kier alpha value is -3.22. The minimum absolute atomic E-state index is 0.00971. The average Bonchev–Trinajstić information content (AvgIpc) is 3.22. The van der Waals surface area contributed by atoms with Crippen molar-refractivity contribution < 1.29 is 9.18 Å². The van der Waals surface area contributed by atoms with Gasteiger partial charge in [0, 0.05) is 31.7 Å². The van der Waals surface area contributed by atoms with Gasteiger partial charge in [-0.05, 0) is 29.8 Å². The molecular weight excluding hydrogens is 345 g/mol. The Balaban J connectivity index is 1.37. The molecular formula is C20H20FN5O. The van der Waals surface area contributed by atoms with Crippen LogP contribution in [0, 0.1) is 5.82 Å². The Morgan fingerprint density at radius 3 is 2.41 bits per heavy atom. The van der Waals surface area contributed by atoms with Crippen LogP contribution in [0.3, 0.4) is 0 Å². The largest absolute Gasteiger partial charge is 0.366 e. The first kappa shape index (κ1) is 17.2. The summed E-state index contributed by atoms with van der Waals surface area (Å²) < 4.78 is 15.7. The summed E-state index contributed by atoms with van der Waals surface area (Å²) in [5, 5.41) is 4.08. The quantitative estimate of drug-likeness (QED) is 0.713. The van der Waals surface area contributed by atoms with Crippen molar-refractivity contribution in [3.63, 3.8) is 0 Å². The first-order valence-electron chi connectivity index (χ1n) is 8.91. The summed E-state index contributed by atoms with van der Waals surface area (Å²) in [6.07, 6.45) is 3.16. The van der Waals surface area contributed by atoms with Gasteiger partial charge in [0.2, 0.25) is 0 Å². The summed E-state index contributed by atoms with van der Waals surface area (Å²) >= 11 is 0. The van der Waals surface area contributed by atoms with Gasteiger partial charge < -0.3 is 9.80 Å². The molecule has 1 aliphatic heterocycles. The van der Waals surface area contributed by atoms with E-state index in [2.05, 4.69) is 10.1 Å². The lowest BCUT2D eigenvalue weighted by Crippen LogP contribution is -2.49. The number of hydrogen-bond acceptors (Lipinski definition) is 4. The van der Waals surface area contributed by atoms with Crippen molar-refractivity contribution in [1.29, 1.82) is 0 Å². The van der Waals surface area contributed by atoms with Gasteiger partial charge in [-0.2, -0.15) is 5.10 Å². The smallest absolute Gasteiger partial charge is 0.253 e. The predicted molar refractivity (Wildman–Crippen MR) is 100 cm³/mol. The third kappa shape index (κ3) is 3.81. The van der Waals surface area contributed by atoms with E-state index in [-0.39, 0.29) is 11.7 Å². The number of carbonyl (C=O) groups excluding carboxylic acids is 1. The van der Waals surface area contributed by atoms with Crippen LogP contribution < -0.4 is 4.90 Å². The zero-order valence-corrected chi connectivity index (χ0v) is 14.8. The van der Waals surface area contributed by atoms with E-state index in [1.807, 2.05) is 40.1 Å². The van der Waals surface area contributed by atoms with Gasteiger partial charge in [-0.3, -0.25) is 4.79 Å². The van der Waals surface area contributed by atoms with E-state index in [0.29, 0.717) is 44.0 Å². The number of amides is 1. The lowest BCUT2D eigenvalue weighted by Gasteiger charge is -2.36. The molecule has 3 aromatic rings. The lowest BCUT2D eigenvalue weighted by atomic mass is 10.1. The fourth-order valence-electron chi connectivity index (χ4n) is 3.30. The van der Waals surface area contributed by atoms with Crippen LogP contribution >= 0.6 is 0 Å². The Kier molecular flexibility index (Phi) is 4.82. The molecule has 0 bridgehead atoms. The van der Waals surface area contributed by atoms with Crippen LogP contribution in [-0.2, 0) is 6.54 Å². The summed E-state index contributed by atoms with van der Waals surface area (Å²) in [6, 6.07) is 14.3. The van der Waals surface area contributed by atoms with E-state index >= 15 is 0 Å². The van der Waals surface area contributed by atoms with Gasteiger partial charge in [0.1, 0.15) is 18.5 Å². The first-order chi connectivity index (χ1) is 13.2. The zero-order chi connectivity index (χ0) is 18.6. The number of nitrogens with zero attached hydrogens (tertiary/aromatic N) is 5. The zero-order valence-electron chi connectivity index (χ0n) is 14.8. The van der Waals surface area contributed by atoms with Crippen LogP contribution in [0.15, 0.2) is 61.2 Å². The van der Waals surface area contributed by atoms with Crippen LogP contribution in [0.2, 0.25) is 0 Å². The molecule has 27 heavy (non-hydrogen) atoms. The Morgan fingerprint density at radius 1 is 1.00 bits per heavy atom. The maximum absolute atomic E-state index is 13.9. The highest BCUT2D eigenvalue weighted by atomic mass is 19.1. The molecule has 6 nitrogen and oxygen atoms in total. The molecule has 0 saturated carbocycles. The summed E-state index contributed by atoms with van der Waals surface area (Å²) in [5.41, 5.74) is 2.32. The maximum atomic E-state index is 13.9. The van der Waals surface area contributed by atoms with Crippen LogP contribution in [0.25, 0.3) is 0 Å². The minimum atomic E-state index is -0.222. The molecule has 1 aromatic heterocycles. The molecule has 1 saturated heterocycles. The van der Waals surface area contributed by atoms with Gasteiger partial charge in [0.05, 0.1) is 12.2 Å². The number of benzene rings is 2. The van der Waals surface area contributed by atoms with E-state index in [1.54, 1.807) is 23.1 Å². The van der Waals surface area contributed by atoms with Crippen LogP contribution in [0.5, 0.6) is 0 Å². The molecule has 1 amide bonds. The minimum Gasteiger partial charge on any atom is -0.366 e. The molecule has 0 atom stereocenters. The van der Waals surface area contributed by atoms with Gasteiger partial charge in [0.15, 0.2) is 0 Å². The van der Waals surface area contributed by atoms with Crippen molar-refractivity contribution in [2.75, 3.05) is 31.1 Å². The van der Waals surface area contributed by atoms with E-state index in [9.17, 15) is 9.18 Å². The van der Waals surface area contributed by atoms with Gasteiger partial charge in [-0.1, -0.05) is 24.3 Å². The summed E-state index contributed by atoms with van der Waals surface area (Å²) in [6.45, 7) is 3.02. The van der Waals surface area contributed by atoms with Crippen LogP contribution in [0.1, 0.15) is 15.9 Å². The highest BCUT2D eigenvalue weighted by Crippen LogP contribution is 2.21. The molecule has 2 heterocycles. The van der Waals surface area contributed by atoms with Crippen molar-refractivity contribution in [1.82, 2.24) is 19.7 Å². The van der Waals surface area contributed by atoms with Gasteiger partial charge in [0.25, 0.3) is 5.91 Å². The number of piperazine rings is 1. The number of hydrogen-bond donors (Lipinski definition) is 0. The maximum Gasteiger partial charge on any atom is 0.253 e. The normalized spacial score (nSPS) is 14.4. The van der Waals surface area contributed by atoms with E-state index in [0.717, 1.165) is 5.56 Å². The second-order valence-electron chi connectivity index (χ2n) is 6.52. The molecule has 138 valence electrons. The molecule has 7 heteroatoms. The highest BCUT2D eigenvalue weighted by molar-refractivity contribution is 5.94. The van der Waals surface area contributed by atoms with Crippen molar-refractivity contribution in [2.45, 2.75) is 6.54 Å². The molecule has 4 rings (SSSR count). The lowest BCUT2D eigenvalue weighted by molar-refractivity contribution is 0.0746. The second kappa shape index (κ2) is 7.57. The van der Waals surface area contributed by atoms with Crippen LogP contribution in [-0.4, -0.2) is 51.8 Å². The molecule has 0 aliphatic carbocycles. The number of halogens is 1. The predicted octanol–water partition coefficient (Wildman–Crippen LogP) is 2.43. The van der Waals surface area contributed by atoms with Crippen molar-refractivity contribution in [2.24, 2.45) is 0 Å². The van der Waals surface area contributed by atoms with E-state index < -0.39 is 0 Å². The van der Waals surface area contributed by atoms with Gasteiger partial charge >= 0.3 is 0 Å². The number of para-hydroxylation sites is 1. The van der Waals surface area contributed by atoms with E-state index in [4.69, 9.17) is 0 Å². The third-order valence-corrected chi connectivity index (χ3v) is 4.77. The summed E-state index contributed by atoms with van der Waals surface area (Å²) in [7, 11) is 0. The second-order valence-corrected chi connectivity index (χ2v) is 6.52. The number of aromatic nitrogens is 3. The summed E-state index contributed by atoms with van der Waals surface area (Å²) in [4.78, 5) is 20.5. The fraction of sp³-hybridized carbons (Fsp3) is 0.250. The fourth-order valence-corrected chi connectivity index (χ4v) is 3.30. The molecule has 1 aliphatic rings. The number of rotatable bonds is 4. The third-order valence-electron chi connectivity index (χ3n) is 4.77.